The summed E-state index contributed by atoms with van der Waals surface area (Å²) in [4.78, 5) is 11.1. The summed E-state index contributed by atoms with van der Waals surface area (Å²) in [6.07, 6.45) is 11.1. The topological polar surface area (TPSA) is 57.5 Å². The molecule has 0 radical (unpaired) electrons. The van der Waals surface area contributed by atoms with Crippen molar-refractivity contribution < 1.29 is 15.0 Å². The highest BCUT2D eigenvalue weighted by Crippen LogP contribution is 2.70. The van der Waals surface area contributed by atoms with Gasteiger partial charge in [-0.25, -0.2) is 0 Å². The minimum atomic E-state index is -0.645. The van der Waals surface area contributed by atoms with Gasteiger partial charge in [-0.3, -0.25) is 4.79 Å². The van der Waals surface area contributed by atoms with E-state index in [1.807, 2.05) is 0 Å². The Morgan fingerprint density at radius 1 is 0.931 bits per heavy atom. The summed E-state index contributed by atoms with van der Waals surface area (Å²) >= 11 is 0. The van der Waals surface area contributed by atoms with E-state index >= 15 is 0 Å². The molecular weight excluding hydrogens is 360 g/mol. The summed E-state index contributed by atoms with van der Waals surface area (Å²) < 4.78 is 0. The second kappa shape index (κ2) is 7.24. The predicted octanol–water partition coefficient (Wildman–Crippen LogP) is 6.14. The van der Waals surface area contributed by atoms with E-state index in [1.165, 1.54) is 44.9 Å². The highest BCUT2D eigenvalue weighted by Gasteiger charge is 2.63. The van der Waals surface area contributed by atoms with Gasteiger partial charge in [0, 0.05) is 6.42 Å². The second-order valence-corrected chi connectivity index (χ2v) is 12.5. The van der Waals surface area contributed by atoms with Crippen LogP contribution in [0.1, 0.15) is 98.8 Å². The molecular formula is C26H44O3. The van der Waals surface area contributed by atoms with Gasteiger partial charge < -0.3 is 10.2 Å². The quantitative estimate of drug-likeness (QED) is 0.591. The normalized spacial score (nSPS) is 49.6. The number of aliphatic carboxylic acids is 1. The summed E-state index contributed by atoms with van der Waals surface area (Å²) in [5.41, 5.74) is 0.842. The lowest BCUT2D eigenvalue weighted by Crippen LogP contribution is -2.59. The first-order chi connectivity index (χ1) is 13.5. The van der Waals surface area contributed by atoms with Gasteiger partial charge in [-0.15, -0.1) is 0 Å². The predicted molar refractivity (Wildman–Crippen MR) is 116 cm³/mol. The van der Waals surface area contributed by atoms with Crippen LogP contribution in [-0.2, 0) is 4.79 Å². The number of carbonyl (C=O) groups is 1. The fraction of sp³-hybridized carbons (Fsp3) is 0.962. The van der Waals surface area contributed by atoms with Gasteiger partial charge in [0.1, 0.15) is 0 Å². The van der Waals surface area contributed by atoms with Crippen LogP contribution in [0.2, 0.25) is 0 Å². The third-order valence-electron chi connectivity index (χ3n) is 11.2. The Kier molecular flexibility index (Phi) is 5.41. The Morgan fingerprint density at radius 3 is 2.28 bits per heavy atom. The van der Waals surface area contributed by atoms with Crippen LogP contribution < -0.4 is 0 Å². The van der Waals surface area contributed by atoms with E-state index in [4.69, 9.17) is 5.11 Å². The van der Waals surface area contributed by atoms with Gasteiger partial charge in [-0.2, -0.15) is 0 Å². The Balaban J connectivity index is 1.55. The zero-order valence-corrected chi connectivity index (χ0v) is 19.4. The molecule has 4 saturated carbocycles. The standard InChI is InChI=1S/C26H44O3/c1-16(6-11-23(28)29)18-8-9-19-17-7-10-21-24(2,3)22(27)13-15-26(21,5)20(17)12-14-25(18,19)4/h16-22,27H,6-15H2,1-5H3,(H,28,29)/t16-,17+,18-,19+,20+,21?,22-,25-,26-/m1/s1. The van der Waals surface area contributed by atoms with Crippen molar-refractivity contribution in [3.05, 3.63) is 0 Å². The van der Waals surface area contributed by atoms with Crippen LogP contribution in [0.3, 0.4) is 0 Å². The molecule has 0 aromatic heterocycles. The first-order valence-electron chi connectivity index (χ1n) is 12.4. The number of aliphatic hydroxyl groups excluding tert-OH is 1. The van der Waals surface area contributed by atoms with Crippen molar-refractivity contribution >= 4 is 5.97 Å². The number of aliphatic hydroxyl groups is 1. The van der Waals surface area contributed by atoms with Crippen molar-refractivity contribution in [2.24, 2.45) is 51.8 Å². The molecule has 29 heavy (non-hydrogen) atoms. The summed E-state index contributed by atoms with van der Waals surface area (Å²) in [6.45, 7) is 12.1. The molecule has 166 valence electrons. The molecule has 2 N–H and O–H groups in total. The number of carboxylic acid groups (broad SMARTS) is 1. The summed E-state index contributed by atoms with van der Waals surface area (Å²) in [5, 5.41) is 19.9. The van der Waals surface area contributed by atoms with Crippen LogP contribution in [-0.4, -0.2) is 22.3 Å². The smallest absolute Gasteiger partial charge is 0.303 e. The van der Waals surface area contributed by atoms with Crippen molar-refractivity contribution in [2.75, 3.05) is 0 Å². The molecule has 4 aliphatic carbocycles. The average molecular weight is 405 g/mol. The monoisotopic (exact) mass is 404 g/mol. The van der Waals surface area contributed by atoms with E-state index in [9.17, 15) is 9.90 Å². The Hall–Kier alpha value is -0.570. The van der Waals surface area contributed by atoms with E-state index in [2.05, 4.69) is 34.6 Å². The molecule has 0 saturated heterocycles. The van der Waals surface area contributed by atoms with E-state index in [-0.39, 0.29) is 11.5 Å². The molecule has 4 rings (SSSR count). The molecule has 0 heterocycles. The maximum absolute atomic E-state index is 11.1. The fourth-order valence-electron chi connectivity index (χ4n) is 9.62. The van der Waals surface area contributed by atoms with Gasteiger partial charge in [-0.1, -0.05) is 34.6 Å². The van der Waals surface area contributed by atoms with Crippen LogP contribution in [0.25, 0.3) is 0 Å². The van der Waals surface area contributed by atoms with Crippen LogP contribution >= 0.6 is 0 Å². The van der Waals surface area contributed by atoms with Gasteiger partial charge in [0.25, 0.3) is 0 Å². The van der Waals surface area contributed by atoms with Crippen LogP contribution in [0.4, 0.5) is 0 Å². The maximum atomic E-state index is 11.1. The molecule has 4 fully saturated rings. The van der Waals surface area contributed by atoms with E-state index in [0.717, 1.165) is 30.6 Å². The van der Waals surface area contributed by atoms with Crippen molar-refractivity contribution in [2.45, 2.75) is 105 Å². The van der Waals surface area contributed by atoms with Gasteiger partial charge in [0.2, 0.25) is 0 Å². The number of carboxylic acids is 1. The number of hydrogen-bond donors (Lipinski definition) is 2. The summed E-state index contributed by atoms with van der Waals surface area (Å²) in [7, 11) is 0. The zero-order valence-electron chi connectivity index (χ0n) is 19.4. The molecule has 1 unspecified atom stereocenters. The third kappa shape index (κ3) is 3.20. The number of rotatable bonds is 4. The van der Waals surface area contributed by atoms with Gasteiger partial charge in [-0.05, 0) is 110 Å². The lowest BCUT2D eigenvalue weighted by Gasteiger charge is -2.64. The molecule has 0 spiro atoms. The van der Waals surface area contributed by atoms with E-state index in [0.29, 0.717) is 35.0 Å². The molecule has 3 nitrogen and oxygen atoms in total. The summed E-state index contributed by atoms with van der Waals surface area (Å²) in [6, 6.07) is 0. The van der Waals surface area contributed by atoms with Gasteiger partial charge in [0.15, 0.2) is 0 Å². The Labute approximate surface area is 178 Å². The lowest BCUT2D eigenvalue weighted by molar-refractivity contribution is -0.179. The molecule has 0 bridgehead atoms. The van der Waals surface area contributed by atoms with Crippen molar-refractivity contribution in [1.29, 1.82) is 0 Å². The Morgan fingerprint density at radius 2 is 1.59 bits per heavy atom. The first kappa shape index (κ1) is 21.7. The average Bonchev–Trinajstić information content (AvgIpc) is 3.00. The number of hydrogen-bond acceptors (Lipinski definition) is 2. The molecule has 0 aromatic carbocycles. The third-order valence-corrected chi connectivity index (χ3v) is 11.2. The SMILES string of the molecule is C[C@H](CCC(=O)O)[C@H]1CC[C@H]2[C@@H]3CCC4C(C)(C)[C@H](O)CC[C@]4(C)[C@H]3CC[C@]12C. The number of fused-ring (bicyclic) bond motifs is 5. The van der Waals surface area contributed by atoms with E-state index in [1.54, 1.807) is 0 Å². The Bertz CT molecular complexity index is 642. The van der Waals surface area contributed by atoms with Crippen LogP contribution in [0.15, 0.2) is 0 Å². The van der Waals surface area contributed by atoms with Crippen molar-refractivity contribution in [3.63, 3.8) is 0 Å². The van der Waals surface area contributed by atoms with Crippen molar-refractivity contribution in [3.8, 4) is 0 Å². The van der Waals surface area contributed by atoms with E-state index < -0.39 is 5.97 Å². The lowest BCUT2D eigenvalue weighted by atomic mass is 9.41. The van der Waals surface area contributed by atoms with Gasteiger partial charge >= 0.3 is 5.97 Å². The molecule has 0 aliphatic heterocycles. The van der Waals surface area contributed by atoms with Gasteiger partial charge in [0.05, 0.1) is 6.10 Å². The highest BCUT2D eigenvalue weighted by molar-refractivity contribution is 5.66. The minimum Gasteiger partial charge on any atom is -0.481 e. The first-order valence-corrected chi connectivity index (χ1v) is 12.4. The maximum Gasteiger partial charge on any atom is 0.303 e. The molecule has 0 aromatic rings. The molecule has 3 heteroatoms. The summed E-state index contributed by atoms with van der Waals surface area (Å²) in [5.74, 6) is 3.71. The van der Waals surface area contributed by atoms with Crippen LogP contribution in [0, 0.1) is 51.8 Å². The highest BCUT2D eigenvalue weighted by atomic mass is 16.4. The minimum absolute atomic E-state index is 0.0439. The largest absolute Gasteiger partial charge is 0.481 e. The molecule has 9 atom stereocenters. The zero-order chi connectivity index (χ0) is 21.2. The molecule has 4 aliphatic rings. The fourth-order valence-corrected chi connectivity index (χ4v) is 9.62. The van der Waals surface area contributed by atoms with Crippen LogP contribution in [0.5, 0.6) is 0 Å². The van der Waals surface area contributed by atoms with Crippen molar-refractivity contribution in [1.82, 2.24) is 0 Å². The second-order valence-electron chi connectivity index (χ2n) is 12.5. The molecule has 0 amide bonds.